The van der Waals surface area contributed by atoms with Gasteiger partial charge in [0, 0.05) is 24.2 Å². The molecule has 1 unspecified atom stereocenters. The molecule has 0 aliphatic carbocycles. The third-order valence-corrected chi connectivity index (χ3v) is 2.70. The van der Waals surface area contributed by atoms with Crippen molar-refractivity contribution in [2.75, 3.05) is 13.2 Å². The van der Waals surface area contributed by atoms with Crippen LogP contribution < -0.4 is 10.1 Å². The van der Waals surface area contributed by atoms with E-state index < -0.39 is 23.1 Å². The van der Waals surface area contributed by atoms with Gasteiger partial charge in [-0.2, -0.15) is 0 Å². The molecule has 1 aromatic rings. The average Bonchev–Trinajstić information content (AvgIpc) is 2.35. The summed E-state index contributed by atoms with van der Waals surface area (Å²) in [5.41, 5.74) is -1.10. The fourth-order valence-electron chi connectivity index (χ4n) is 1.93. The molecule has 0 spiro atoms. The van der Waals surface area contributed by atoms with E-state index in [1.807, 2.05) is 13.8 Å². The van der Waals surface area contributed by atoms with Gasteiger partial charge in [-0.25, -0.2) is 13.6 Å². The standard InChI is InChI=1S/C15H21F2NO3/c1-5-20-14(19)15(4,18-10(2)3)9-21-13-7-11(16)6-12(17)8-13/h6-8,10,18H,5,9H2,1-4H3. The molecule has 0 aliphatic rings. The molecule has 0 aliphatic heterocycles. The number of benzene rings is 1. The molecule has 1 aromatic carbocycles. The Morgan fingerprint density at radius 2 is 1.86 bits per heavy atom. The smallest absolute Gasteiger partial charge is 0.329 e. The normalized spacial score (nSPS) is 13.9. The zero-order valence-corrected chi connectivity index (χ0v) is 12.7. The van der Waals surface area contributed by atoms with Crippen molar-refractivity contribution >= 4 is 5.97 Å². The van der Waals surface area contributed by atoms with Crippen LogP contribution in [0.15, 0.2) is 18.2 Å². The van der Waals surface area contributed by atoms with Crippen LogP contribution in [0.5, 0.6) is 5.75 Å². The first-order chi connectivity index (χ1) is 9.76. The predicted molar refractivity (Wildman–Crippen MR) is 75.2 cm³/mol. The zero-order valence-electron chi connectivity index (χ0n) is 12.7. The number of carbonyl (C=O) groups excluding carboxylic acids is 1. The molecular formula is C15H21F2NO3. The van der Waals surface area contributed by atoms with Gasteiger partial charge in [0.1, 0.15) is 29.5 Å². The molecule has 6 heteroatoms. The first-order valence-corrected chi connectivity index (χ1v) is 6.80. The molecule has 0 fully saturated rings. The highest BCUT2D eigenvalue weighted by atomic mass is 19.1. The quantitative estimate of drug-likeness (QED) is 0.787. The van der Waals surface area contributed by atoms with Crippen molar-refractivity contribution in [1.82, 2.24) is 5.32 Å². The van der Waals surface area contributed by atoms with Crippen molar-refractivity contribution in [2.45, 2.75) is 39.3 Å². The van der Waals surface area contributed by atoms with E-state index in [-0.39, 0.29) is 25.0 Å². The Kier molecular flexibility index (Phi) is 6.08. The van der Waals surface area contributed by atoms with E-state index in [2.05, 4.69) is 5.32 Å². The molecule has 0 amide bonds. The minimum Gasteiger partial charge on any atom is -0.491 e. The number of rotatable bonds is 7. The molecule has 0 radical (unpaired) electrons. The third kappa shape index (κ3) is 5.30. The van der Waals surface area contributed by atoms with Gasteiger partial charge in [-0.1, -0.05) is 0 Å². The average molecular weight is 301 g/mol. The van der Waals surface area contributed by atoms with Gasteiger partial charge in [-0.15, -0.1) is 0 Å². The first-order valence-electron chi connectivity index (χ1n) is 6.80. The summed E-state index contributed by atoms with van der Waals surface area (Å²) in [5, 5.41) is 3.05. The summed E-state index contributed by atoms with van der Waals surface area (Å²) in [4.78, 5) is 12.0. The summed E-state index contributed by atoms with van der Waals surface area (Å²) < 4.78 is 36.6. The van der Waals surface area contributed by atoms with Gasteiger partial charge in [-0.3, -0.25) is 5.32 Å². The number of nitrogens with one attached hydrogen (secondary N) is 1. The van der Waals surface area contributed by atoms with Gasteiger partial charge in [0.25, 0.3) is 0 Å². The van der Waals surface area contributed by atoms with Crippen molar-refractivity contribution < 1.29 is 23.0 Å². The predicted octanol–water partition coefficient (Wildman–Crippen LogP) is 2.66. The second-order valence-electron chi connectivity index (χ2n) is 5.25. The van der Waals surface area contributed by atoms with Crippen LogP contribution in [0.2, 0.25) is 0 Å². The maximum Gasteiger partial charge on any atom is 0.329 e. The van der Waals surface area contributed by atoms with E-state index >= 15 is 0 Å². The van der Waals surface area contributed by atoms with E-state index in [9.17, 15) is 13.6 Å². The summed E-state index contributed by atoms with van der Waals surface area (Å²) >= 11 is 0. The molecule has 0 saturated heterocycles. The van der Waals surface area contributed by atoms with Gasteiger partial charge in [0.15, 0.2) is 0 Å². The van der Waals surface area contributed by atoms with Crippen LogP contribution >= 0.6 is 0 Å². The molecule has 0 bridgehead atoms. The molecule has 21 heavy (non-hydrogen) atoms. The lowest BCUT2D eigenvalue weighted by atomic mass is 10.0. The second-order valence-corrected chi connectivity index (χ2v) is 5.25. The van der Waals surface area contributed by atoms with Gasteiger partial charge >= 0.3 is 5.97 Å². The lowest BCUT2D eigenvalue weighted by molar-refractivity contribution is -0.152. The summed E-state index contributed by atoms with van der Waals surface area (Å²) in [7, 11) is 0. The molecule has 0 saturated carbocycles. The van der Waals surface area contributed by atoms with Crippen LogP contribution in [0.3, 0.4) is 0 Å². The highest BCUT2D eigenvalue weighted by Gasteiger charge is 2.36. The second kappa shape index (κ2) is 7.36. The largest absolute Gasteiger partial charge is 0.491 e. The minimum absolute atomic E-state index is 0.00671. The monoisotopic (exact) mass is 301 g/mol. The fraction of sp³-hybridized carbons (Fsp3) is 0.533. The number of carbonyl (C=O) groups is 1. The van der Waals surface area contributed by atoms with E-state index in [1.54, 1.807) is 13.8 Å². The number of esters is 1. The van der Waals surface area contributed by atoms with Crippen LogP contribution in [0.1, 0.15) is 27.7 Å². The SMILES string of the molecule is CCOC(=O)C(C)(COc1cc(F)cc(F)c1)NC(C)C. The summed E-state index contributed by atoms with van der Waals surface area (Å²) in [6, 6.07) is 2.88. The van der Waals surface area contributed by atoms with Gasteiger partial charge < -0.3 is 9.47 Å². The molecular weight excluding hydrogens is 280 g/mol. The lowest BCUT2D eigenvalue weighted by Gasteiger charge is -2.30. The molecule has 118 valence electrons. The van der Waals surface area contributed by atoms with E-state index in [4.69, 9.17) is 9.47 Å². The van der Waals surface area contributed by atoms with Crippen LogP contribution in [0.25, 0.3) is 0 Å². The molecule has 4 nitrogen and oxygen atoms in total. The number of hydrogen-bond donors (Lipinski definition) is 1. The molecule has 1 atom stereocenters. The maximum atomic E-state index is 13.1. The Labute approximate surface area is 123 Å². The topological polar surface area (TPSA) is 47.6 Å². The molecule has 0 heterocycles. The fourth-order valence-corrected chi connectivity index (χ4v) is 1.93. The van der Waals surface area contributed by atoms with Crippen molar-refractivity contribution in [2.24, 2.45) is 0 Å². The van der Waals surface area contributed by atoms with E-state index in [0.29, 0.717) is 0 Å². The van der Waals surface area contributed by atoms with Gasteiger partial charge in [-0.05, 0) is 27.7 Å². The van der Waals surface area contributed by atoms with Crippen LogP contribution in [-0.4, -0.2) is 30.8 Å². The van der Waals surface area contributed by atoms with Crippen LogP contribution in [0.4, 0.5) is 8.78 Å². The first kappa shape index (κ1) is 17.4. The Balaban J connectivity index is 2.83. The van der Waals surface area contributed by atoms with Crippen molar-refractivity contribution in [3.63, 3.8) is 0 Å². The van der Waals surface area contributed by atoms with E-state index in [0.717, 1.165) is 18.2 Å². The van der Waals surface area contributed by atoms with Gasteiger partial charge in [0.05, 0.1) is 6.61 Å². The summed E-state index contributed by atoms with van der Waals surface area (Å²) in [6.07, 6.45) is 0. The summed E-state index contributed by atoms with van der Waals surface area (Å²) in [6.45, 7) is 7.21. The van der Waals surface area contributed by atoms with Crippen molar-refractivity contribution in [3.05, 3.63) is 29.8 Å². The zero-order chi connectivity index (χ0) is 16.0. The molecule has 1 N–H and O–H groups in total. The molecule has 1 rings (SSSR count). The Morgan fingerprint density at radius 1 is 1.29 bits per heavy atom. The van der Waals surface area contributed by atoms with Crippen molar-refractivity contribution in [1.29, 1.82) is 0 Å². The Morgan fingerprint density at radius 3 is 2.33 bits per heavy atom. The highest BCUT2D eigenvalue weighted by Crippen LogP contribution is 2.18. The summed E-state index contributed by atoms with van der Waals surface area (Å²) in [5.74, 6) is -1.93. The minimum atomic E-state index is -1.10. The van der Waals surface area contributed by atoms with Crippen LogP contribution in [-0.2, 0) is 9.53 Å². The maximum absolute atomic E-state index is 13.1. The highest BCUT2D eigenvalue weighted by molar-refractivity contribution is 5.80. The number of ether oxygens (including phenoxy) is 2. The van der Waals surface area contributed by atoms with E-state index in [1.165, 1.54) is 0 Å². The number of halogens is 2. The Bertz CT molecular complexity index is 474. The van der Waals surface area contributed by atoms with Gasteiger partial charge in [0.2, 0.25) is 0 Å². The number of hydrogen-bond acceptors (Lipinski definition) is 4. The molecule has 0 aromatic heterocycles. The Hall–Kier alpha value is -1.69. The third-order valence-electron chi connectivity index (χ3n) is 2.70. The van der Waals surface area contributed by atoms with Crippen LogP contribution in [0, 0.1) is 11.6 Å². The van der Waals surface area contributed by atoms with Crippen molar-refractivity contribution in [3.8, 4) is 5.75 Å². The lowest BCUT2D eigenvalue weighted by Crippen LogP contribution is -2.57.